The molecule has 0 unspecified atom stereocenters. The molecule has 2 nitrogen and oxygen atoms in total. The van der Waals surface area contributed by atoms with E-state index in [1.165, 1.54) is 0 Å². The Hall–Kier alpha value is -0.640. The van der Waals surface area contributed by atoms with E-state index in [4.69, 9.17) is 23.2 Å². The van der Waals surface area contributed by atoms with Crippen molar-refractivity contribution in [2.75, 3.05) is 0 Å². The fourth-order valence-electron chi connectivity index (χ4n) is 1.45. The monoisotopic (exact) mass is 286 g/mol. The number of halogens is 2. The van der Waals surface area contributed by atoms with E-state index in [1.54, 1.807) is 11.8 Å². The maximum Gasteiger partial charge on any atom is 0.168 e. The van der Waals surface area contributed by atoms with Gasteiger partial charge in [-0.1, -0.05) is 41.0 Å². The number of hydrogen-bond donors (Lipinski definition) is 0. The summed E-state index contributed by atoms with van der Waals surface area (Å²) in [5.41, 5.74) is 1.15. The van der Waals surface area contributed by atoms with Gasteiger partial charge >= 0.3 is 0 Å². The number of imidazole rings is 1. The molecule has 1 aromatic heterocycles. The van der Waals surface area contributed by atoms with Crippen LogP contribution in [-0.4, -0.2) is 9.55 Å². The molecule has 17 heavy (non-hydrogen) atoms. The molecule has 0 aliphatic carbocycles. The minimum atomic E-state index is 0.593. The molecule has 0 aliphatic rings. The predicted octanol–water partition coefficient (Wildman–Crippen LogP) is 4.50. The second-order valence-corrected chi connectivity index (χ2v) is 5.29. The molecule has 90 valence electrons. The second-order valence-electron chi connectivity index (χ2n) is 3.53. The van der Waals surface area contributed by atoms with Gasteiger partial charge in [0.05, 0.1) is 10.0 Å². The van der Waals surface area contributed by atoms with E-state index in [2.05, 4.69) is 16.5 Å². The summed E-state index contributed by atoms with van der Waals surface area (Å²) >= 11 is 13.5. The highest BCUT2D eigenvalue weighted by atomic mass is 35.5. The highest BCUT2D eigenvalue weighted by molar-refractivity contribution is 7.98. The average molecular weight is 287 g/mol. The molecule has 0 spiro atoms. The lowest BCUT2D eigenvalue weighted by Gasteiger charge is -2.05. The first-order valence-corrected chi connectivity index (χ1v) is 7.02. The van der Waals surface area contributed by atoms with Crippen LogP contribution in [0.1, 0.15) is 12.5 Å². The van der Waals surface area contributed by atoms with Gasteiger partial charge in [0.1, 0.15) is 0 Å². The maximum atomic E-state index is 5.97. The average Bonchev–Trinajstić information content (AvgIpc) is 2.78. The smallest absolute Gasteiger partial charge is 0.168 e. The van der Waals surface area contributed by atoms with Gasteiger partial charge in [0.25, 0.3) is 0 Å². The van der Waals surface area contributed by atoms with E-state index in [9.17, 15) is 0 Å². The Morgan fingerprint density at radius 3 is 2.82 bits per heavy atom. The summed E-state index contributed by atoms with van der Waals surface area (Å²) in [5, 5.41) is 2.22. The van der Waals surface area contributed by atoms with E-state index in [0.29, 0.717) is 10.0 Å². The number of rotatable bonds is 4. The van der Waals surface area contributed by atoms with Crippen LogP contribution in [0.3, 0.4) is 0 Å². The number of hydrogen-bond acceptors (Lipinski definition) is 2. The Bertz CT molecular complexity index is 511. The van der Waals surface area contributed by atoms with Gasteiger partial charge in [-0.15, -0.1) is 0 Å². The first-order valence-electron chi connectivity index (χ1n) is 5.28. The number of thioether (sulfide) groups is 1. The SMILES string of the molecule is CCn1ccnc1SCc1ccc(Cl)c(Cl)c1. The highest BCUT2D eigenvalue weighted by Crippen LogP contribution is 2.26. The van der Waals surface area contributed by atoms with Crippen molar-refractivity contribution in [1.82, 2.24) is 9.55 Å². The van der Waals surface area contributed by atoms with Crippen molar-refractivity contribution in [3.8, 4) is 0 Å². The van der Waals surface area contributed by atoms with Crippen molar-refractivity contribution in [3.63, 3.8) is 0 Å². The quantitative estimate of drug-likeness (QED) is 0.770. The Labute approximate surface area is 115 Å². The van der Waals surface area contributed by atoms with Crippen molar-refractivity contribution in [3.05, 3.63) is 46.2 Å². The minimum Gasteiger partial charge on any atom is -0.326 e. The van der Waals surface area contributed by atoms with Crippen LogP contribution in [0.15, 0.2) is 35.7 Å². The predicted molar refractivity (Wildman–Crippen MR) is 73.9 cm³/mol. The fraction of sp³-hybridized carbons (Fsp3) is 0.250. The van der Waals surface area contributed by atoms with Gasteiger partial charge in [-0.2, -0.15) is 0 Å². The summed E-state index contributed by atoms with van der Waals surface area (Å²) in [6.07, 6.45) is 3.80. The molecule has 2 aromatic rings. The Morgan fingerprint density at radius 1 is 1.29 bits per heavy atom. The molecule has 5 heteroatoms. The molecular weight excluding hydrogens is 275 g/mol. The molecule has 0 bridgehead atoms. The van der Waals surface area contributed by atoms with E-state index >= 15 is 0 Å². The summed E-state index contributed by atoms with van der Waals surface area (Å²) in [5.74, 6) is 0.841. The van der Waals surface area contributed by atoms with Gasteiger partial charge in [0.15, 0.2) is 5.16 Å². The first kappa shape index (κ1) is 12.8. The zero-order chi connectivity index (χ0) is 12.3. The Kier molecular flexibility index (Phi) is 4.37. The number of nitrogens with zero attached hydrogens (tertiary/aromatic N) is 2. The van der Waals surface area contributed by atoms with E-state index < -0.39 is 0 Å². The van der Waals surface area contributed by atoms with Gasteiger partial charge in [-0.3, -0.25) is 0 Å². The fourth-order valence-corrected chi connectivity index (χ4v) is 2.74. The topological polar surface area (TPSA) is 17.8 Å². The van der Waals surface area contributed by atoms with E-state index in [0.717, 1.165) is 23.0 Å². The third-order valence-electron chi connectivity index (χ3n) is 2.37. The molecular formula is C12H12Cl2N2S. The van der Waals surface area contributed by atoms with Crippen molar-refractivity contribution < 1.29 is 0 Å². The molecule has 0 saturated carbocycles. The van der Waals surface area contributed by atoms with Crippen molar-refractivity contribution in [2.24, 2.45) is 0 Å². The zero-order valence-electron chi connectivity index (χ0n) is 9.36. The molecule has 0 amide bonds. The summed E-state index contributed by atoms with van der Waals surface area (Å²) in [6.45, 7) is 3.04. The van der Waals surface area contributed by atoms with Crippen LogP contribution in [-0.2, 0) is 12.3 Å². The summed E-state index contributed by atoms with van der Waals surface area (Å²) in [6, 6.07) is 5.71. The third kappa shape index (κ3) is 3.18. The van der Waals surface area contributed by atoms with Crippen LogP contribution < -0.4 is 0 Å². The second kappa shape index (κ2) is 5.80. The van der Waals surface area contributed by atoms with Gasteiger partial charge in [-0.05, 0) is 24.6 Å². The van der Waals surface area contributed by atoms with Gasteiger partial charge in [-0.25, -0.2) is 4.98 Å². The third-order valence-corrected chi connectivity index (χ3v) is 4.18. The lowest BCUT2D eigenvalue weighted by atomic mass is 10.2. The van der Waals surface area contributed by atoms with Crippen LogP contribution in [0.5, 0.6) is 0 Å². The van der Waals surface area contributed by atoms with E-state index in [1.807, 2.05) is 30.6 Å². The Morgan fingerprint density at radius 2 is 2.12 bits per heavy atom. The van der Waals surface area contributed by atoms with Gasteiger partial charge < -0.3 is 4.57 Å². The van der Waals surface area contributed by atoms with Crippen molar-refractivity contribution in [1.29, 1.82) is 0 Å². The van der Waals surface area contributed by atoms with Crippen LogP contribution in [0.4, 0.5) is 0 Å². The van der Waals surface area contributed by atoms with Crippen LogP contribution >= 0.6 is 35.0 Å². The Balaban J connectivity index is 2.05. The van der Waals surface area contributed by atoms with Gasteiger partial charge in [0.2, 0.25) is 0 Å². The minimum absolute atomic E-state index is 0.593. The molecule has 0 fully saturated rings. The number of benzene rings is 1. The maximum absolute atomic E-state index is 5.97. The van der Waals surface area contributed by atoms with Crippen LogP contribution in [0.25, 0.3) is 0 Å². The van der Waals surface area contributed by atoms with E-state index in [-0.39, 0.29) is 0 Å². The molecule has 2 rings (SSSR count). The molecule has 0 aliphatic heterocycles. The molecule has 1 heterocycles. The molecule has 0 N–H and O–H groups in total. The zero-order valence-corrected chi connectivity index (χ0v) is 11.7. The highest BCUT2D eigenvalue weighted by Gasteiger charge is 2.04. The lowest BCUT2D eigenvalue weighted by molar-refractivity contribution is 0.681. The van der Waals surface area contributed by atoms with Gasteiger partial charge in [0, 0.05) is 24.7 Å². The summed E-state index contributed by atoms with van der Waals surface area (Å²) in [7, 11) is 0. The number of aryl methyl sites for hydroxylation is 1. The molecule has 0 saturated heterocycles. The summed E-state index contributed by atoms with van der Waals surface area (Å²) in [4.78, 5) is 4.31. The number of aromatic nitrogens is 2. The molecule has 0 radical (unpaired) electrons. The normalized spacial score (nSPS) is 10.8. The lowest BCUT2D eigenvalue weighted by Crippen LogP contribution is -1.94. The molecule has 1 aromatic carbocycles. The van der Waals surface area contributed by atoms with Crippen LogP contribution in [0, 0.1) is 0 Å². The first-order chi connectivity index (χ1) is 8.20. The largest absolute Gasteiger partial charge is 0.326 e. The van der Waals surface area contributed by atoms with Crippen molar-refractivity contribution >= 4 is 35.0 Å². The molecule has 0 atom stereocenters. The standard InChI is InChI=1S/C12H12Cl2N2S/c1-2-16-6-5-15-12(16)17-8-9-3-4-10(13)11(14)7-9/h3-7H,2,8H2,1H3. The summed E-state index contributed by atoms with van der Waals surface area (Å²) < 4.78 is 2.11. The van der Waals surface area contributed by atoms with Crippen molar-refractivity contribution in [2.45, 2.75) is 24.4 Å². The van der Waals surface area contributed by atoms with Crippen LogP contribution in [0.2, 0.25) is 10.0 Å².